The van der Waals surface area contributed by atoms with E-state index < -0.39 is 5.60 Å². The zero-order chi connectivity index (χ0) is 19.0. The van der Waals surface area contributed by atoms with Crippen molar-refractivity contribution in [1.82, 2.24) is 14.9 Å². The molecule has 2 aromatic heterocycles. The number of aliphatic hydroxyl groups is 1. The highest BCUT2D eigenvalue weighted by molar-refractivity contribution is 5.94. The summed E-state index contributed by atoms with van der Waals surface area (Å²) >= 11 is 0. The van der Waals surface area contributed by atoms with Crippen molar-refractivity contribution < 1.29 is 9.90 Å². The molecule has 27 heavy (non-hydrogen) atoms. The molecule has 1 aromatic carbocycles. The number of piperidine rings is 1. The number of rotatable bonds is 2. The van der Waals surface area contributed by atoms with Gasteiger partial charge in [0, 0.05) is 36.3 Å². The smallest absolute Gasteiger partial charge is 0.270 e. The maximum Gasteiger partial charge on any atom is 0.270 e. The number of amides is 1. The summed E-state index contributed by atoms with van der Waals surface area (Å²) in [6, 6.07) is 12.3. The normalized spacial score (nSPS) is 16.4. The van der Waals surface area contributed by atoms with Gasteiger partial charge in [0.1, 0.15) is 11.3 Å². The van der Waals surface area contributed by atoms with E-state index in [1.165, 1.54) is 6.07 Å². The van der Waals surface area contributed by atoms with Crippen LogP contribution in [-0.2, 0) is 5.60 Å². The van der Waals surface area contributed by atoms with Crippen LogP contribution >= 0.6 is 0 Å². The molecule has 1 aliphatic heterocycles. The Bertz CT molecular complexity index is 1050. The lowest BCUT2D eigenvalue weighted by atomic mass is 9.87. The number of aromatic nitrogens is 2. The monoisotopic (exact) mass is 363 g/mol. The molecule has 0 bridgehead atoms. The lowest BCUT2D eigenvalue weighted by Gasteiger charge is -2.37. The highest BCUT2D eigenvalue weighted by Gasteiger charge is 2.36. The second-order valence-corrected chi connectivity index (χ2v) is 7.14. The van der Waals surface area contributed by atoms with Crippen LogP contribution in [0.1, 0.15) is 34.6 Å². The Morgan fingerprint density at radius 1 is 1.19 bits per heavy atom. The maximum absolute atomic E-state index is 12.8. The number of benzene rings is 1. The molecule has 0 aliphatic carbocycles. The summed E-state index contributed by atoms with van der Waals surface area (Å²) in [6.07, 6.45) is 2.56. The molecule has 0 radical (unpaired) electrons. The Hall–Kier alpha value is -2.99. The number of H-pyrrole nitrogens is 1. The standard InChI is InChI=1S/C21H21N3O3/c1-14-6-7-19(22-13-14)21(27)8-10-24(11-9-21)20(26)17-12-18(25)15-4-2-3-5-16(15)23-17/h2-7,12-13,27H,8-11H2,1H3,(H,23,25). The molecule has 1 aliphatic rings. The Labute approximate surface area is 156 Å². The molecule has 1 saturated heterocycles. The Morgan fingerprint density at radius 3 is 2.63 bits per heavy atom. The van der Waals surface area contributed by atoms with E-state index in [1.54, 1.807) is 29.3 Å². The second kappa shape index (κ2) is 6.63. The first-order chi connectivity index (χ1) is 13.0. The number of carbonyl (C=O) groups is 1. The van der Waals surface area contributed by atoms with Gasteiger partial charge in [0.05, 0.1) is 5.69 Å². The molecule has 3 aromatic rings. The minimum atomic E-state index is -1.03. The highest BCUT2D eigenvalue weighted by atomic mass is 16.3. The molecule has 0 unspecified atom stereocenters. The van der Waals surface area contributed by atoms with Gasteiger partial charge in [-0.1, -0.05) is 18.2 Å². The number of likely N-dealkylation sites (tertiary alicyclic amines) is 1. The van der Waals surface area contributed by atoms with Crippen LogP contribution in [0, 0.1) is 6.92 Å². The van der Waals surface area contributed by atoms with Gasteiger partial charge >= 0.3 is 0 Å². The van der Waals surface area contributed by atoms with Gasteiger partial charge in [0.15, 0.2) is 5.43 Å². The molecule has 6 nitrogen and oxygen atoms in total. The average Bonchev–Trinajstić information content (AvgIpc) is 2.68. The summed E-state index contributed by atoms with van der Waals surface area (Å²) in [7, 11) is 0. The lowest BCUT2D eigenvalue weighted by molar-refractivity contribution is -0.0245. The van der Waals surface area contributed by atoms with Gasteiger partial charge in [0.25, 0.3) is 5.91 Å². The molecule has 2 N–H and O–H groups in total. The van der Waals surface area contributed by atoms with Crippen LogP contribution in [0.25, 0.3) is 10.9 Å². The molecule has 6 heteroatoms. The predicted molar refractivity (Wildman–Crippen MR) is 103 cm³/mol. The predicted octanol–water partition coefficient (Wildman–Crippen LogP) is 2.36. The number of para-hydroxylation sites is 1. The second-order valence-electron chi connectivity index (χ2n) is 7.14. The van der Waals surface area contributed by atoms with Crippen molar-refractivity contribution in [3.05, 3.63) is 75.8 Å². The van der Waals surface area contributed by atoms with Crippen LogP contribution < -0.4 is 5.43 Å². The lowest BCUT2D eigenvalue weighted by Crippen LogP contribution is -2.45. The topological polar surface area (TPSA) is 86.3 Å². The van der Waals surface area contributed by atoms with Crippen LogP contribution in [0.5, 0.6) is 0 Å². The van der Waals surface area contributed by atoms with Crippen molar-refractivity contribution in [2.24, 2.45) is 0 Å². The van der Waals surface area contributed by atoms with Crippen LogP contribution in [0.3, 0.4) is 0 Å². The molecule has 138 valence electrons. The van der Waals surface area contributed by atoms with Crippen LogP contribution in [0.2, 0.25) is 0 Å². The zero-order valence-corrected chi connectivity index (χ0v) is 15.1. The zero-order valence-electron chi connectivity index (χ0n) is 15.1. The van der Waals surface area contributed by atoms with Crippen molar-refractivity contribution in [3.8, 4) is 0 Å². The summed E-state index contributed by atoms with van der Waals surface area (Å²) in [5, 5.41) is 11.5. The number of aromatic amines is 1. The van der Waals surface area contributed by atoms with Gasteiger partial charge in [0.2, 0.25) is 0 Å². The van der Waals surface area contributed by atoms with Crippen molar-refractivity contribution in [3.63, 3.8) is 0 Å². The molecule has 3 heterocycles. The average molecular weight is 363 g/mol. The number of nitrogens with one attached hydrogen (secondary N) is 1. The number of fused-ring (bicyclic) bond motifs is 1. The van der Waals surface area contributed by atoms with Crippen molar-refractivity contribution in [2.75, 3.05) is 13.1 Å². The number of aryl methyl sites for hydroxylation is 1. The van der Waals surface area contributed by atoms with Crippen LogP contribution in [-0.4, -0.2) is 39.0 Å². The van der Waals surface area contributed by atoms with E-state index in [4.69, 9.17) is 0 Å². The van der Waals surface area contributed by atoms with Gasteiger partial charge in [-0.3, -0.25) is 14.6 Å². The number of nitrogens with zero attached hydrogens (tertiary/aromatic N) is 2. The van der Waals surface area contributed by atoms with E-state index in [2.05, 4.69) is 9.97 Å². The molecular weight excluding hydrogens is 342 g/mol. The van der Waals surface area contributed by atoms with E-state index in [0.717, 1.165) is 5.56 Å². The summed E-state index contributed by atoms with van der Waals surface area (Å²) in [4.78, 5) is 34.2. The number of hydrogen-bond donors (Lipinski definition) is 2. The fraction of sp³-hybridized carbons (Fsp3) is 0.286. The summed E-state index contributed by atoms with van der Waals surface area (Å²) in [5.41, 5.74) is 1.39. The minimum absolute atomic E-state index is 0.176. The fourth-order valence-electron chi connectivity index (χ4n) is 3.56. The van der Waals surface area contributed by atoms with Gasteiger partial charge < -0.3 is 15.0 Å². The van der Waals surface area contributed by atoms with Gasteiger partial charge in [-0.15, -0.1) is 0 Å². The first kappa shape index (κ1) is 17.4. The van der Waals surface area contributed by atoms with Gasteiger partial charge in [-0.05, 0) is 43.5 Å². The van der Waals surface area contributed by atoms with E-state index in [9.17, 15) is 14.7 Å². The molecule has 4 rings (SSSR count). The van der Waals surface area contributed by atoms with E-state index >= 15 is 0 Å². The third-order valence-electron chi connectivity index (χ3n) is 5.23. The quantitative estimate of drug-likeness (QED) is 0.732. The van der Waals surface area contributed by atoms with Crippen LogP contribution in [0.4, 0.5) is 0 Å². The Balaban J connectivity index is 1.53. The van der Waals surface area contributed by atoms with Crippen LogP contribution in [0.15, 0.2) is 53.5 Å². The molecule has 0 atom stereocenters. The SMILES string of the molecule is Cc1ccc(C2(O)CCN(C(=O)c3cc(=O)c4ccccc4[nH]3)CC2)nc1. The molecule has 0 saturated carbocycles. The first-order valence-corrected chi connectivity index (χ1v) is 9.03. The van der Waals surface area contributed by atoms with E-state index in [-0.39, 0.29) is 17.0 Å². The van der Waals surface area contributed by atoms with Crippen molar-refractivity contribution in [2.45, 2.75) is 25.4 Å². The summed E-state index contributed by atoms with van der Waals surface area (Å²) < 4.78 is 0. The first-order valence-electron chi connectivity index (χ1n) is 9.03. The molecular formula is C21H21N3O3. The third-order valence-corrected chi connectivity index (χ3v) is 5.23. The van der Waals surface area contributed by atoms with E-state index in [0.29, 0.717) is 42.5 Å². The maximum atomic E-state index is 12.8. The number of hydrogen-bond acceptors (Lipinski definition) is 4. The van der Waals surface area contributed by atoms with Gasteiger partial charge in [-0.25, -0.2) is 0 Å². The molecule has 1 fully saturated rings. The van der Waals surface area contributed by atoms with E-state index in [1.807, 2.05) is 25.1 Å². The largest absolute Gasteiger partial charge is 0.383 e. The fourth-order valence-corrected chi connectivity index (χ4v) is 3.56. The Kier molecular flexibility index (Phi) is 4.28. The molecule has 0 spiro atoms. The minimum Gasteiger partial charge on any atom is -0.383 e. The third kappa shape index (κ3) is 3.24. The highest BCUT2D eigenvalue weighted by Crippen LogP contribution is 2.32. The molecule has 1 amide bonds. The Morgan fingerprint density at radius 2 is 1.93 bits per heavy atom. The number of carbonyl (C=O) groups excluding carboxylic acids is 1. The van der Waals surface area contributed by atoms with Gasteiger partial charge in [-0.2, -0.15) is 0 Å². The van der Waals surface area contributed by atoms with Crippen molar-refractivity contribution in [1.29, 1.82) is 0 Å². The summed E-state index contributed by atoms with van der Waals surface area (Å²) in [5.74, 6) is -0.225. The van der Waals surface area contributed by atoms with Crippen molar-refractivity contribution >= 4 is 16.8 Å². The summed E-state index contributed by atoms with van der Waals surface area (Å²) in [6.45, 7) is 2.76. The number of pyridine rings is 2.